The van der Waals surface area contributed by atoms with E-state index in [9.17, 15) is 15.2 Å². The Bertz CT molecular complexity index is 383. The van der Waals surface area contributed by atoms with Crippen molar-refractivity contribution in [2.24, 2.45) is 0 Å². The van der Waals surface area contributed by atoms with Crippen LogP contribution in [0.15, 0.2) is 12.2 Å². The number of nitrogens with zero attached hydrogens (tertiary/aromatic N) is 1. The van der Waals surface area contributed by atoms with Gasteiger partial charge in [-0.1, -0.05) is 77.4 Å². The van der Waals surface area contributed by atoms with Gasteiger partial charge in [0, 0.05) is 6.42 Å². The molecule has 5 nitrogen and oxygen atoms in total. The molecule has 0 radical (unpaired) electrons. The van der Waals surface area contributed by atoms with Gasteiger partial charge in [-0.3, -0.25) is 4.79 Å². The summed E-state index contributed by atoms with van der Waals surface area (Å²) < 4.78 is 5.06. The third kappa shape index (κ3) is 19.8. The minimum absolute atomic E-state index is 0.0198. The lowest BCUT2D eigenvalue weighted by Gasteiger charge is -2.20. The van der Waals surface area contributed by atoms with Gasteiger partial charge in [0.15, 0.2) is 6.54 Å². The fraction of sp³-hybridized carbons (Fsp3) is 0.870. The Labute approximate surface area is 173 Å². The smallest absolute Gasteiger partial charge is 0.305 e. The third-order valence-electron chi connectivity index (χ3n) is 4.94. The molecular weight excluding hydrogens is 354 g/mol. The van der Waals surface area contributed by atoms with E-state index in [4.69, 9.17) is 4.74 Å². The molecule has 0 aliphatic heterocycles. The van der Waals surface area contributed by atoms with E-state index < -0.39 is 4.81 Å². The van der Waals surface area contributed by atoms with Gasteiger partial charge in [0.05, 0.1) is 0 Å². The molecule has 0 bridgehead atoms. The molecule has 2 N–H and O–H groups in total. The van der Waals surface area contributed by atoms with Crippen LogP contribution in [0.1, 0.15) is 110 Å². The molecule has 0 aromatic carbocycles. The summed E-state index contributed by atoms with van der Waals surface area (Å²) in [4.78, 5) is 10.5. The van der Waals surface area contributed by atoms with Gasteiger partial charge >= 0.3 is 5.97 Å². The van der Waals surface area contributed by atoms with Crippen molar-refractivity contribution in [3.8, 4) is 0 Å². The summed E-state index contributed by atoms with van der Waals surface area (Å²) in [7, 11) is 0. The Hall–Kier alpha value is -0.910. The van der Waals surface area contributed by atoms with Crippen LogP contribution in [0.2, 0.25) is 0 Å². The lowest BCUT2D eigenvalue weighted by Crippen LogP contribution is -2.44. The average molecular weight is 401 g/mol. The predicted octanol–water partition coefficient (Wildman–Crippen LogP) is 6.57. The number of hydroxylamine groups is 4. The number of carbonyl (C=O) groups is 1. The molecule has 28 heavy (non-hydrogen) atoms. The zero-order valence-electron chi connectivity index (χ0n) is 18.5. The highest BCUT2D eigenvalue weighted by Crippen LogP contribution is 2.10. The second kappa shape index (κ2) is 19.4. The Morgan fingerprint density at radius 1 is 0.750 bits per heavy atom. The van der Waals surface area contributed by atoms with Crippen LogP contribution >= 0.6 is 0 Å². The Kier molecular flexibility index (Phi) is 18.8. The average Bonchev–Trinajstić information content (AvgIpc) is 2.64. The summed E-state index contributed by atoms with van der Waals surface area (Å²) in [5, 5.41) is 19.1. The van der Waals surface area contributed by atoms with Gasteiger partial charge in [0.25, 0.3) is 0 Å². The summed E-state index contributed by atoms with van der Waals surface area (Å²) in [6.07, 6.45) is 21.8. The van der Waals surface area contributed by atoms with Crippen LogP contribution in [0.3, 0.4) is 0 Å². The fourth-order valence-electron chi connectivity index (χ4n) is 3.19. The number of hydrogen-bond acceptors (Lipinski definition) is 4. The van der Waals surface area contributed by atoms with Crippen molar-refractivity contribution in [1.29, 1.82) is 0 Å². The largest absolute Gasteiger partial charge is 0.459 e. The number of unbranched alkanes of at least 4 members (excludes halogenated alkanes) is 11. The summed E-state index contributed by atoms with van der Waals surface area (Å²) in [6.45, 7) is 4.44. The van der Waals surface area contributed by atoms with Crippen molar-refractivity contribution in [3.05, 3.63) is 12.2 Å². The molecule has 0 aromatic rings. The maximum Gasteiger partial charge on any atom is 0.305 e. The van der Waals surface area contributed by atoms with Crippen LogP contribution in [0.4, 0.5) is 0 Å². The molecule has 0 aliphatic rings. The first-order chi connectivity index (χ1) is 13.5. The normalized spacial score (nSPS) is 12.0. The van der Waals surface area contributed by atoms with E-state index in [2.05, 4.69) is 19.1 Å². The summed E-state index contributed by atoms with van der Waals surface area (Å²) >= 11 is 0. The lowest BCUT2D eigenvalue weighted by atomic mass is 10.1. The highest BCUT2D eigenvalue weighted by Gasteiger charge is 2.21. The third-order valence-corrected chi connectivity index (χ3v) is 4.94. The van der Waals surface area contributed by atoms with Gasteiger partial charge in [0.1, 0.15) is 13.2 Å². The molecule has 0 spiro atoms. The summed E-state index contributed by atoms with van der Waals surface area (Å²) in [5.74, 6) is -0.242. The van der Waals surface area contributed by atoms with E-state index >= 15 is 0 Å². The van der Waals surface area contributed by atoms with Crippen LogP contribution < -0.4 is 0 Å². The van der Waals surface area contributed by atoms with Crippen LogP contribution in [0, 0.1) is 0 Å². The number of hydrogen-bond donors (Lipinski definition) is 2. The van der Waals surface area contributed by atoms with Crippen molar-refractivity contribution in [2.45, 2.75) is 110 Å². The standard InChI is InChI=1S/C23H46NO4/c1-3-5-6-7-8-9-10-11-12-13-14-15-16-17-18-19-23(25)28-22-21-24(26,27)20-4-2/h11-12,26-27H,3-10,13-22H2,1-2H3/q+1/b12-11-. The quantitative estimate of drug-likeness (QED) is 0.0797. The molecule has 0 rings (SSSR count). The molecule has 0 heterocycles. The van der Waals surface area contributed by atoms with Crippen molar-refractivity contribution in [1.82, 2.24) is 0 Å². The topological polar surface area (TPSA) is 66.8 Å². The number of allylic oxidation sites excluding steroid dienone is 2. The van der Waals surface area contributed by atoms with E-state index in [1.807, 2.05) is 6.92 Å². The molecule has 0 atom stereocenters. The Morgan fingerprint density at radius 2 is 1.29 bits per heavy atom. The van der Waals surface area contributed by atoms with Gasteiger partial charge in [-0.05, 0) is 43.3 Å². The maximum absolute atomic E-state index is 11.6. The van der Waals surface area contributed by atoms with Crippen LogP contribution in [0.25, 0.3) is 0 Å². The molecule has 0 amide bonds. The molecule has 5 heteroatoms. The number of rotatable bonds is 20. The van der Waals surface area contributed by atoms with Crippen LogP contribution in [-0.2, 0) is 9.53 Å². The Morgan fingerprint density at radius 3 is 1.86 bits per heavy atom. The van der Waals surface area contributed by atoms with E-state index in [0.29, 0.717) is 12.8 Å². The lowest BCUT2D eigenvalue weighted by molar-refractivity contribution is -1.24. The number of quaternary nitrogens is 1. The van der Waals surface area contributed by atoms with E-state index in [0.717, 1.165) is 25.7 Å². The minimum atomic E-state index is -1.07. The number of carbonyl (C=O) groups excluding carboxylic acids is 1. The maximum atomic E-state index is 11.6. The molecule has 0 saturated heterocycles. The van der Waals surface area contributed by atoms with Crippen LogP contribution in [0.5, 0.6) is 0 Å². The van der Waals surface area contributed by atoms with Gasteiger partial charge < -0.3 is 4.74 Å². The van der Waals surface area contributed by atoms with Crippen LogP contribution in [-0.4, -0.2) is 40.9 Å². The van der Waals surface area contributed by atoms with Gasteiger partial charge in [0.2, 0.25) is 0 Å². The SMILES string of the molecule is CCCCCCCC/C=C\CCCCCCCC(=O)OCC[N+](O)(O)CCC. The molecule has 0 aliphatic carbocycles. The second-order valence-corrected chi connectivity index (χ2v) is 7.88. The molecule has 166 valence electrons. The Balaban J connectivity index is 3.34. The minimum Gasteiger partial charge on any atom is -0.459 e. The molecular formula is C23H46NO4+. The first kappa shape index (κ1) is 27.1. The van der Waals surface area contributed by atoms with E-state index in [-0.39, 0.29) is 25.7 Å². The van der Waals surface area contributed by atoms with Gasteiger partial charge in [-0.15, -0.1) is 0 Å². The molecule has 0 aromatic heterocycles. The van der Waals surface area contributed by atoms with Crippen molar-refractivity contribution >= 4 is 5.97 Å². The highest BCUT2D eigenvalue weighted by atomic mass is 16.8. The number of ether oxygens (including phenoxy) is 1. The monoisotopic (exact) mass is 400 g/mol. The second-order valence-electron chi connectivity index (χ2n) is 7.88. The van der Waals surface area contributed by atoms with Crippen molar-refractivity contribution in [3.63, 3.8) is 0 Å². The van der Waals surface area contributed by atoms with Crippen molar-refractivity contribution in [2.75, 3.05) is 19.7 Å². The first-order valence-electron chi connectivity index (χ1n) is 11.6. The summed E-state index contributed by atoms with van der Waals surface area (Å²) in [5.41, 5.74) is 0. The highest BCUT2D eigenvalue weighted by molar-refractivity contribution is 5.69. The van der Waals surface area contributed by atoms with Gasteiger partial charge in [-0.25, -0.2) is 0 Å². The molecule has 0 fully saturated rings. The zero-order chi connectivity index (χ0) is 20.9. The molecule has 0 saturated carbocycles. The first-order valence-corrected chi connectivity index (χ1v) is 11.6. The van der Waals surface area contributed by atoms with E-state index in [1.165, 1.54) is 57.8 Å². The number of esters is 1. The molecule has 0 unspecified atom stereocenters. The van der Waals surface area contributed by atoms with Crippen molar-refractivity contribution < 1.29 is 24.8 Å². The van der Waals surface area contributed by atoms with E-state index in [1.54, 1.807) is 0 Å². The summed E-state index contributed by atoms with van der Waals surface area (Å²) in [6, 6.07) is 0. The van der Waals surface area contributed by atoms with Gasteiger partial charge in [-0.2, -0.15) is 10.4 Å². The zero-order valence-corrected chi connectivity index (χ0v) is 18.5. The fourth-order valence-corrected chi connectivity index (χ4v) is 3.19. The predicted molar refractivity (Wildman–Crippen MR) is 114 cm³/mol.